The van der Waals surface area contributed by atoms with Crippen molar-refractivity contribution in [2.75, 3.05) is 11.5 Å². The van der Waals surface area contributed by atoms with Crippen LogP contribution in [0.25, 0.3) is 10.8 Å². The van der Waals surface area contributed by atoms with Crippen LogP contribution in [0.15, 0.2) is 30.3 Å². The molecule has 78 valence electrons. The zero-order chi connectivity index (χ0) is 10.8. The summed E-state index contributed by atoms with van der Waals surface area (Å²) in [5.74, 6) is 0. The van der Waals surface area contributed by atoms with Gasteiger partial charge >= 0.3 is 0 Å². The van der Waals surface area contributed by atoms with Gasteiger partial charge in [0.25, 0.3) is 0 Å². The van der Waals surface area contributed by atoms with E-state index in [0.29, 0.717) is 0 Å². The van der Waals surface area contributed by atoms with E-state index in [1.165, 1.54) is 10.9 Å². The fourth-order valence-electron chi connectivity index (χ4n) is 1.90. The first kappa shape index (κ1) is 9.84. The number of nitrogens with two attached hydrogens (primary N) is 2. The van der Waals surface area contributed by atoms with E-state index in [4.69, 9.17) is 11.5 Å². The molecule has 0 radical (unpaired) electrons. The van der Waals surface area contributed by atoms with Gasteiger partial charge in [-0.25, -0.2) is 0 Å². The Balaban J connectivity index is 2.62. The van der Waals surface area contributed by atoms with Crippen molar-refractivity contribution in [1.29, 1.82) is 0 Å². The largest absolute Gasteiger partial charge is 0.399 e. The molecular formula is C13H16N2. The maximum Gasteiger partial charge on any atom is 0.0397 e. The van der Waals surface area contributed by atoms with Crippen LogP contribution < -0.4 is 11.5 Å². The van der Waals surface area contributed by atoms with Crippen LogP contribution in [-0.2, 0) is 6.42 Å². The molecule has 0 unspecified atom stereocenters. The highest BCUT2D eigenvalue weighted by Gasteiger charge is 2.01. The molecule has 0 amide bonds. The fraction of sp³-hybridized carbons (Fsp3) is 0.231. The van der Waals surface area contributed by atoms with E-state index in [0.717, 1.165) is 29.6 Å². The molecule has 0 bridgehead atoms. The summed E-state index contributed by atoms with van der Waals surface area (Å²) in [6.45, 7) is 2.17. The lowest BCUT2D eigenvalue weighted by atomic mass is 10.0. The second-order valence-corrected chi connectivity index (χ2v) is 3.92. The first-order valence-electron chi connectivity index (χ1n) is 5.28. The van der Waals surface area contributed by atoms with Gasteiger partial charge in [0.05, 0.1) is 0 Å². The first-order chi connectivity index (χ1) is 7.20. The minimum absolute atomic E-state index is 0.762. The molecule has 2 aromatic carbocycles. The minimum Gasteiger partial charge on any atom is -0.399 e. The van der Waals surface area contributed by atoms with E-state index in [9.17, 15) is 0 Å². The Kier molecular flexibility index (Phi) is 2.50. The molecule has 4 N–H and O–H groups in total. The van der Waals surface area contributed by atoms with Crippen LogP contribution in [0, 0.1) is 0 Å². The van der Waals surface area contributed by atoms with Gasteiger partial charge in [0.2, 0.25) is 0 Å². The predicted molar refractivity (Wildman–Crippen MR) is 66.8 cm³/mol. The van der Waals surface area contributed by atoms with Gasteiger partial charge in [-0.15, -0.1) is 0 Å². The van der Waals surface area contributed by atoms with E-state index in [1.807, 2.05) is 24.3 Å². The van der Waals surface area contributed by atoms with Crippen molar-refractivity contribution in [1.82, 2.24) is 0 Å². The number of rotatable bonds is 2. The lowest BCUT2D eigenvalue weighted by Gasteiger charge is -2.07. The number of nitrogen functional groups attached to an aromatic ring is 2. The Labute approximate surface area is 89.9 Å². The number of hydrogen-bond acceptors (Lipinski definition) is 2. The van der Waals surface area contributed by atoms with Gasteiger partial charge in [0.1, 0.15) is 0 Å². The Morgan fingerprint density at radius 3 is 2.60 bits per heavy atom. The van der Waals surface area contributed by atoms with Crippen molar-refractivity contribution in [3.63, 3.8) is 0 Å². The van der Waals surface area contributed by atoms with Crippen molar-refractivity contribution in [2.24, 2.45) is 0 Å². The van der Waals surface area contributed by atoms with E-state index in [1.54, 1.807) is 0 Å². The Hall–Kier alpha value is -1.70. The average Bonchev–Trinajstić information content (AvgIpc) is 2.20. The first-order valence-corrected chi connectivity index (χ1v) is 5.28. The molecular weight excluding hydrogens is 184 g/mol. The molecule has 0 aromatic heterocycles. The van der Waals surface area contributed by atoms with E-state index in [-0.39, 0.29) is 0 Å². The van der Waals surface area contributed by atoms with Gasteiger partial charge in [-0.1, -0.05) is 25.5 Å². The molecule has 0 fully saturated rings. The highest BCUT2D eigenvalue weighted by molar-refractivity contribution is 5.95. The summed E-state index contributed by atoms with van der Waals surface area (Å²) in [5.41, 5.74) is 14.6. The molecule has 0 spiro atoms. The molecule has 2 nitrogen and oxygen atoms in total. The van der Waals surface area contributed by atoms with Crippen molar-refractivity contribution in [3.8, 4) is 0 Å². The smallest absolute Gasteiger partial charge is 0.0397 e. The van der Waals surface area contributed by atoms with Crippen molar-refractivity contribution in [3.05, 3.63) is 35.9 Å². The van der Waals surface area contributed by atoms with Gasteiger partial charge in [-0.2, -0.15) is 0 Å². The molecule has 0 saturated heterocycles. The standard InChI is InChI=1S/C13H16N2/c1-2-3-9-6-10-4-5-11(14)8-12(10)13(15)7-9/h4-8H,2-3,14-15H2,1H3. The van der Waals surface area contributed by atoms with Crippen LogP contribution in [0.5, 0.6) is 0 Å². The summed E-state index contributed by atoms with van der Waals surface area (Å²) in [7, 11) is 0. The normalized spacial score (nSPS) is 10.7. The number of benzene rings is 2. The van der Waals surface area contributed by atoms with Crippen LogP contribution >= 0.6 is 0 Å². The van der Waals surface area contributed by atoms with Crippen LogP contribution in [0.3, 0.4) is 0 Å². The second-order valence-electron chi connectivity index (χ2n) is 3.92. The maximum atomic E-state index is 6.00. The van der Waals surface area contributed by atoms with Crippen LogP contribution in [-0.4, -0.2) is 0 Å². The molecule has 0 saturated carbocycles. The monoisotopic (exact) mass is 200 g/mol. The summed E-state index contributed by atoms with van der Waals surface area (Å²) < 4.78 is 0. The van der Waals surface area contributed by atoms with E-state index in [2.05, 4.69) is 13.0 Å². The summed E-state index contributed by atoms with van der Waals surface area (Å²) in [6, 6.07) is 10.1. The van der Waals surface area contributed by atoms with Gasteiger partial charge in [0, 0.05) is 16.8 Å². The van der Waals surface area contributed by atoms with Gasteiger partial charge in [-0.3, -0.25) is 0 Å². The minimum atomic E-state index is 0.762. The summed E-state index contributed by atoms with van der Waals surface area (Å²) in [4.78, 5) is 0. The fourth-order valence-corrected chi connectivity index (χ4v) is 1.90. The Morgan fingerprint density at radius 1 is 1.07 bits per heavy atom. The number of aryl methyl sites for hydroxylation is 1. The molecule has 0 atom stereocenters. The van der Waals surface area contributed by atoms with Crippen molar-refractivity contribution < 1.29 is 0 Å². The van der Waals surface area contributed by atoms with Crippen molar-refractivity contribution >= 4 is 22.1 Å². The van der Waals surface area contributed by atoms with Crippen molar-refractivity contribution in [2.45, 2.75) is 19.8 Å². The summed E-state index contributed by atoms with van der Waals surface area (Å²) >= 11 is 0. The molecule has 15 heavy (non-hydrogen) atoms. The lowest BCUT2D eigenvalue weighted by molar-refractivity contribution is 0.924. The predicted octanol–water partition coefficient (Wildman–Crippen LogP) is 2.96. The third-order valence-corrected chi connectivity index (χ3v) is 2.61. The van der Waals surface area contributed by atoms with Crippen LogP contribution in [0.2, 0.25) is 0 Å². The molecule has 2 aromatic rings. The zero-order valence-electron chi connectivity index (χ0n) is 8.96. The number of anilines is 2. The summed E-state index contributed by atoms with van der Waals surface area (Å²) in [5, 5.41) is 2.22. The molecule has 0 heterocycles. The Morgan fingerprint density at radius 2 is 1.87 bits per heavy atom. The zero-order valence-corrected chi connectivity index (χ0v) is 8.96. The third kappa shape index (κ3) is 1.89. The molecule has 0 aliphatic rings. The molecule has 0 aliphatic carbocycles. The van der Waals surface area contributed by atoms with Gasteiger partial charge in [-0.05, 0) is 35.6 Å². The topological polar surface area (TPSA) is 52.0 Å². The Bertz CT molecular complexity index is 489. The summed E-state index contributed by atoms with van der Waals surface area (Å²) in [6.07, 6.45) is 2.21. The highest BCUT2D eigenvalue weighted by Crippen LogP contribution is 2.25. The van der Waals surface area contributed by atoms with Gasteiger partial charge < -0.3 is 11.5 Å². The number of fused-ring (bicyclic) bond motifs is 1. The quantitative estimate of drug-likeness (QED) is 0.732. The lowest BCUT2D eigenvalue weighted by Crippen LogP contribution is -1.93. The molecule has 2 heteroatoms. The number of hydrogen-bond donors (Lipinski definition) is 2. The maximum absolute atomic E-state index is 6.00. The van der Waals surface area contributed by atoms with E-state index >= 15 is 0 Å². The molecule has 2 rings (SSSR count). The SMILES string of the molecule is CCCc1cc(N)c2cc(N)ccc2c1. The second kappa shape index (κ2) is 3.81. The van der Waals surface area contributed by atoms with Gasteiger partial charge in [0.15, 0.2) is 0 Å². The van der Waals surface area contributed by atoms with Crippen LogP contribution in [0.4, 0.5) is 11.4 Å². The third-order valence-electron chi connectivity index (χ3n) is 2.61. The van der Waals surface area contributed by atoms with Crippen LogP contribution in [0.1, 0.15) is 18.9 Å². The van der Waals surface area contributed by atoms with E-state index < -0.39 is 0 Å². The molecule has 0 aliphatic heterocycles. The average molecular weight is 200 g/mol. The highest BCUT2D eigenvalue weighted by atomic mass is 14.6.